The molecule has 0 aliphatic carbocycles. The van der Waals surface area contributed by atoms with E-state index in [-0.39, 0.29) is 18.4 Å². The molecule has 2 aromatic carbocycles. The Hall–Kier alpha value is -2.31. The second-order valence-electron chi connectivity index (χ2n) is 5.15. The van der Waals surface area contributed by atoms with Crippen LogP contribution < -0.4 is 4.74 Å². The largest absolute Gasteiger partial charge is 0.445 e. The van der Waals surface area contributed by atoms with Crippen molar-refractivity contribution in [3.63, 3.8) is 0 Å². The average Bonchev–Trinajstić information content (AvgIpc) is 2.81. The normalized spacial score (nSPS) is 20.5. The van der Waals surface area contributed by atoms with Crippen molar-refractivity contribution < 1.29 is 19.1 Å². The van der Waals surface area contributed by atoms with Gasteiger partial charge in [0.1, 0.15) is 5.75 Å². The van der Waals surface area contributed by atoms with E-state index in [1.54, 1.807) is 31.2 Å². The molecule has 0 saturated carbocycles. The Morgan fingerprint density at radius 1 is 1.00 bits per heavy atom. The summed E-state index contributed by atoms with van der Waals surface area (Å²) < 4.78 is 11.4. The minimum Gasteiger partial charge on any atom is -0.445 e. The van der Waals surface area contributed by atoms with E-state index in [4.69, 9.17) is 9.47 Å². The average molecular weight is 343 g/mol. The van der Waals surface area contributed by atoms with Crippen LogP contribution in [0.3, 0.4) is 0 Å². The van der Waals surface area contributed by atoms with E-state index >= 15 is 0 Å². The van der Waals surface area contributed by atoms with Gasteiger partial charge in [-0.2, -0.15) is 0 Å². The maximum absolute atomic E-state index is 12.9. The Balaban J connectivity index is 1.85. The highest BCUT2D eigenvalue weighted by molar-refractivity contribution is 8.15. The van der Waals surface area contributed by atoms with Crippen molar-refractivity contribution in [1.82, 2.24) is 4.90 Å². The zero-order valence-electron chi connectivity index (χ0n) is 13.2. The van der Waals surface area contributed by atoms with Crippen LogP contribution in [-0.2, 0) is 16.1 Å². The summed E-state index contributed by atoms with van der Waals surface area (Å²) in [6.45, 7) is 2.20. The molecule has 0 radical (unpaired) electrons. The van der Waals surface area contributed by atoms with Crippen LogP contribution in [0.15, 0.2) is 60.7 Å². The number of hydrogen-bond acceptors (Lipinski definition) is 5. The topological polar surface area (TPSA) is 55.8 Å². The molecule has 1 aliphatic heterocycles. The summed E-state index contributed by atoms with van der Waals surface area (Å²) in [7, 11) is 0. The maximum atomic E-state index is 12.9. The van der Waals surface area contributed by atoms with Crippen molar-refractivity contribution >= 4 is 22.9 Å². The number of thioether (sulfide) groups is 1. The number of benzene rings is 2. The highest BCUT2D eigenvalue weighted by Crippen LogP contribution is 2.40. The van der Waals surface area contributed by atoms with Crippen LogP contribution >= 0.6 is 11.8 Å². The number of amides is 2. The third kappa shape index (κ3) is 3.29. The van der Waals surface area contributed by atoms with Gasteiger partial charge in [-0.25, -0.2) is 0 Å². The van der Waals surface area contributed by atoms with E-state index < -0.39 is 11.0 Å². The zero-order valence-corrected chi connectivity index (χ0v) is 14.0. The molecule has 1 atom stereocenters. The smallest absolute Gasteiger partial charge is 0.352 e. The van der Waals surface area contributed by atoms with Crippen molar-refractivity contribution in [2.24, 2.45) is 0 Å². The predicted molar refractivity (Wildman–Crippen MR) is 91.4 cm³/mol. The minimum absolute atomic E-state index is 0.193. The summed E-state index contributed by atoms with van der Waals surface area (Å²) in [6, 6.07) is 18.2. The number of carbonyl (C=O) groups excluding carboxylic acids is 2. The number of hydrogen-bond donors (Lipinski definition) is 0. The maximum Gasteiger partial charge on any atom is 0.352 e. The lowest BCUT2D eigenvalue weighted by Crippen LogP contribution is -2.45. The number of rotatable bonds is 6. The van der Waals surface area contributed by atoms with Crippen LogP contribution in [0.25, 0.3) is 0 Å². The molecule has 2 aromatic rings. The lowest BCUT2D eigenvalue weighted by Gasteiger charge is -2.26. The molecule has 1 saturated heterocycles. The lowest BCUT2D eigenvalue weighted by atomic mass is 10.2. The molecule has 5 nitrogen and oxygen atoms in total. The molecule has 1 unspecified atom stereocenters. The second kappa shape index (κ2) is 7.07. The molecule has 0 aromatic heterocycles. The van der Waals surface area contributed by atoms with Crippen LogP contribution in [0.2, 0.25) is 0 Å². The van der Waals surface area contributed by atoms with Gasteiger partial charge in [-0.1, -0.05) is 48.5 Å². The van der Waals surface area contributed by atoms with Crippen molar-refractivity contribution in [1.29, 1.82) is 0 Å². The molecule has 0 N–H and O–H groups in total. The van der Waals surface area contributed by atoms with Gasteiger partial charge < -0.3 is 9.47 Å². The summed E-state index contributed by atoms with van der Waals surface area (Å²) >= 11 is 0.761. The molecule has 0 bridgehead atoms. The van der Waals surface area contributed by atoms with Crippen LogP contribution in [0, 0.1) is 0 Å². The van der Waals surface area contributed by atoms with Crippen molar-refractivity contribution in [3.05, 3.63) is 66.2 Å². The minimum atomic E-state index is -1.66. The Labute approximate surface area is 144 Å². The van der Waals surface area contributed by atoms with Gasteiger partial charge in [0, 0.05) is 18.4 Å². The summed E-state index contributed by atoms with van der Waals surface area (Å²) in [6.07, 6.45) is 0. The summed E-state index contributed by atoms with van der Waals surface area (Å²) in [5.41, 5.74) is 0.867. The van der Waals surface area contributed by atoms with Gasteiger partial charge in [-0.05, 0) is 24.6 Å². The van der Waals surface area contributed by atoms with Gasteiger partial charge in [0.2, 0.25) is 0 Å². The molecule has 24 heavy (non-hydrogen) atoms. The first-order valence-corrected chi connectivity index (χ1v) is 8.43. The Kier molecular flexibility index (Phi) is 4.87. The zero-order chi connectivity index (χ0) is 17.0. The summed E-state index contributed by atoms with van der Waals surface area (Å²) in [5.74, 6) is -0.0202. The Bertz CT molecular complexity index is 722. The molecule has 1 fully saturated rings. The number of para-hydroxylation sites is 1. The van der Waals surface area contributed by atoms with Crippen LogP contribution in [0.4, 0.5) is 4.79 Å². The van der Waals surface area contributed by atoms with Gasteiger partial charge in [-0.15, -0.1) is 0 Å². The highest BCUT2D eigenvalue weighted by atomic mass is 32.2. The second-order valence-corrected chi connectivity index (χ2v) is 6.24. The standard InChI is InChI=1S/C18H17NO4S/c1-2-22-18(23-15-11-7-4-8-12-15)16(20)19(17(21)24-18)13-14-9-5-3-6-10-14/h3-12H,2,13H2,1H3. The molecule has 1 aliphatic rings. The Morgan fingerprint density at radius 2 is 1.62 bits per heavy atom. The van der Waals surface area contributed by atoms with Crippen molar-refractivity contribution in [2.75, 3.05) is 6.61 Å². The van der Waals surface area contributed by atoms with Crippen molar-refractivity contribution in [3.8, 4) is 5.75 Å². The Morgan fingerprint density at radius 3 is 2.25 bits per heavy atom. The SMILES string of the molecule is CCOC1(Oc2ccccc2)SC(=O)N(Cc2ccccc2)C1=O. The fourth-order valence-corrected chi connectivity index (χ4v) is 3.38. The monoisotopic (exact) mass is 343 g/mol. The van der Waals surface area contributed by atoms with E-state index in [2.05, 4.69) is 0 Å². The van der Waals surface area contributed by atoms with E-state index in [9.17, 15) is 9.59 Å². The molecule has 1 heterocycles. The van der Waals surface area contributed by atoms with E-state index in [1.165, 1.54) is 4.90 Å². The lowest BCUT2D eigenvalue weighted by molar-refractivity contribution is -0.167. The number of ether oxygens (including phenoxy) is 2. The molecule has 124 valence electrons. The summed E-state index contributed by atoms with van der Waals surface area (Å²) in [4.78, 5) is 26.4. The highest BCUT2D eigenvalue weighted by Gasteiger charge is 2.57. The molecule has 0 spiro atoms. The van der Waals surface area contributed by atoms with Gasteiger partial charge in [0.25, 0.3) is 5.24 Å². The third-order valence-electron chi connectivity index (χ3n) is 3.46. The molecular weight excluding hydrogens is 326 g/mol. The molecular formula is C18H17NO4S. The van der Waals surface area contributed by atoms with Crippen LogP contribution in [0.1, 0.15) is 12.5 Å². The molecule has 2 amide bonds. The van der Waals surface area contributed by atoms with E-state index in [0.29, 0.717) is 5.75 Å². The molecule has 6 heteroatoms. The van der Waals surface area contributed by atoms with Gasteiger partial charge in [-0.3, -0.25) is 14.5 Å². The van der Waals surface area contributed by atoms with E-state index in [1.807, 2.05) is 36.4 Å². The predicted octanol–water partition coefficient (Wildman–Crippen LogP) is 3.65. The van der Waals surface area contributed by atoms with Crippen LogP contribution in [-0.4, -0.2) is 27.8 Å². The third-order valence-corrected chi connectivity index (χ3v) is 4.50. The summed E-state index contributed by atoms with van der Waals surface area (Å²) in [5, 5.41) is -2.05. The first-order valence-electron chi connectivity index (χ1n) is 7.61. The van der Waals surface area contributed by atoms with E-state index in [0.717, 1.165) is 17.3 Å². The van der Waals surface area contributed by atoms with Gasteiger partial charge >= 0.3 is 11.0 Å². The number of carbonyl (C=O) groups is 2. The fraction of sp³-hybridized carbons (Fsp3) is 0.222. The quantitative estimate of drug-likeness (QED) is 0.749. The van der Waals surface area contributed by atoms with Crippen molar-refractivity contribution in [2.45, 2.75) is 18.6 Å². The van der Waals surface area contributed by atoms with Gasteiger partial charge in [0.05, 0.1) is 6.54 Å². The first-order chi connectivity index (χ1) is 11.6. The van der Waals surface area contributed by atoms with Gasteiger partial charge in [0.15, 0.2) is 0 Å². The van der Waals surface area contributed by atoms with Crippen LogP contribution in [0.5, 0.6) is 5.75 Å². The fourth-order valence-electron chi connectivity index (χ4n) is 2.38. The molecule has 3 rings (SSSR count). The number of imide groups is 1. The number of nitrogens with zero attached hydrogens (tertiary/aromatic N) is 1. The first kappa shape index (κ1) is 16.5.